The summed E-state index contributed by atoms with van der Waals surface area (Å²) in [5.74, 6) is -0.735. The standard InChI is InChI=1S/C15H14N2O4/c18-14-12-3-1-2-4-13(12)15(19)16(14)9-10-5-7-11(8-6-10)17(20)21/h1-2,5-8,12-13H,3-4,9H2. The van der Waals surface area contributed by atoms with E-state index >= 15 is 0 Å². The summed E-state index contributed by atoms with van der Waals surface area (Å²) in [4.78, 5) is 36.0. The number of carbonyl (C=O) groups is 2. The number of non-ortho nitro benzene ring substituents is 1. The number of allylic oxidation sites excluding steroid dienone is 2. The number of imide groups is 1. The molecule has 0 N–H and O–H groups in total. The first-order chi connectivity index (χ1) is 10.1. The molecule has 1 fully saturated rings. The van der Waals surface area contributed by atoms with Gasteiger partial charge in [-0.15, -0.1) is 0 Å². The van der Waals surface area contributed by atoms with Crippen LogP contribution in [0.2, 0.25) is 0 Å². The van der Waals surface area contributed by atoms with Crippen molar-refractivity contribution in [3.8, 4) is 0 Å². The zero-order chi connectivity index (χ0) is 15.0. The summed E-state index contributed by atoms with van der Waals surface area (Å²) >= 11 is 0. The molecular formula is C15H14N2O4. The van der Waals surface area contributed by atoms with E-state index in [1.807, 2.05) is 12.2 Å². The first kappa shape index (κ1) is 13.5. The molecule has 1 aromatic rings. The molecule has 1 aliphatic heterocycles. The Bertz CT molecular complexity index is 610. The van der Waals surface area contributed by atoms with Crippen molar-refractivity contribution >= 4 is 17.5 Å². The molecule has 3 rings (SSSR count). The fraction of sp³-hybridized carbons (Fsp3) is 0.333. The zero-order valence-electron chi connectivity index (χ0n) is 11.3. The lowest BCUT2D eigenvalue weighted by Crippen LogP contribution is -2.30. The van der Waals surface area contributed by atoms with Crippen molar-refractivity contribution in [1.29, 1.82) is 0 Å². The maximum Gasteiger partial charge on any atom is 0.269 e. The van der Waals surface area contributed by atoms with Gasteiger partial charge in [-0.05, 0) is 18.4 Å². The number of amides is 2. The first-order valence-electron chi connectivity index (χ1n) is 6.81. The zero-order valence-corrected chi connectivity index (χ0v) is 11.3. The van der Waals surface area contributed by atoms with Gasteiger partial charge in [-0.3, -0.25) is 24.6 Å². The van der Waals surface area contributed by atoms with Crippen LogP contribution >= 0.6 is 0 Å². The topological polar surface area (TPSA) is 80.5 Å². The molecule has 0 saturated carbocycles. The van der Waals surface area contributed by atoms with Crippen LogP contribution in [-0.4, -0.2) is 21.6 Å². The van der Waals surface area contributed by atoms with E-state index in [0.717, 1.165) is 0 Å². The van der Waals surface area contributed by atoms with E-state index in [2.05, 4.69) is 0 Å². The van der Waals surface area contributed by atoms with E-state index in [4.69, 9.17) is 0 Å². The summed E-state index contributed by atoms with van der Waals surface area (Å²) in [6, 6.07) is 5.93. The van der Waals surface area contributed by atoms with Crippen molar-refractivity contribution < 1.29 is 14.5 Å². The third kappa shape index (κ3) is 2.33. The molecule has 1 heterocycles. The number of hydrogen-bond donors (Lipinski definition) is 0. The Kier molecular flexibility index (Phi) is 3.29. The third-order valence-electron chi connectivity index (χ3n) is 4.09. The number of carbonyl (C=O) groups excluding carboxylic acids is 2. The summed E-state index contributed by atoms with van der Waals surface area (Å²) in [6.45, 7) is 0.183. The lowest BCUT2D eigenvalue weighted by atomic mass is 9.85. The van der Waals surface area contributed by atoms with Crippen LogP contribution in [0.3, 0.4) is 0 Å². The van der Waals surface area contributed by atoms with E-state index in [0.29, 0.717) is 18.4 Å². The highest BCUT2D eigenvalue weighted by molar-refractivity contribution is 6.05. The molecule has 1 aromatic carbocycles. The van der Waals surface area contributed by atoms with Crippen LogP contribution in [0.5, 0.6) is 0 Å². The van der Waals surface area contributed by atoms with Crippen molar-refractivity contribution in [2.24, 2.45) is 11.8 Å². The average molecular weight is 286 g/mol. The molecule has 2 aliphatic rings. The second kappa shape index (κ2) is 5.12. The summed E-state index contributed by atoms with van der Waals surface area (Å²) < 4.78 is 0. The van der Waals surface area contributed by atoms with Crippen LogP contribution in [-0.2, 0) is 16.1 Å². The van der Waals surface area contributed by atoms with E-state index in [-0.39, 0.29) is 35.9 Å². The molecule has 2 amide bonds. The van der Waals surface area contributed by atoms with E-state index in [1.165, 1.54) is 17.0 Å². The van der Waals surface area contributed by atoms with Crippen molar-refractivity contribution in [2.45, 2.75) is 19.4 Å². The Labute approximate surface area is 121 Å². The fourth-order valence-corrected chi connectivity index (χ4v) is 2.93. The average Bonchev–Trinajstić information content (AvgIpc) is 2.73. The minimum absolute atomic E-state index is 0.00399. The molecule has 2 atom stereocenters. The normalized spacial score (nSPS) is 24.3. The quantitative estimate of drug-likeness (QED) is 0.368. The number of nitro benzene ring substituents is 1. The predicted molar refractivity (Wildman–Crippen MR) is 74.0 cm³/mol. The molecule has 108 valence electrons. The molecule has 1 aliphatic carbocycles. The minimum atomic E-state index is -0.476. The van der Waals surface area contributed by atoms with Crippen molar-refractivity contribution in [3.05, 3.63) is 52.1 Å². The smallest absolute Gasteiger partial charge is 0.269 e. The van der Waals surface area contributed by atoms with Gasteiger partial charge in [-0.1, -0.05) is 24.3 Å². The Morgan fingerprint density at radius 2 is 1.57 bits per heavy atom. The molecule has 6 heteroatoms. The van der Waals surface area contributed by atoms with Crippen LogP contribution in [0.25, 0.3) is 0 Å². The fourth-order valence-electron chi connectivity index (χ4n) is 2.93. The first-order valence-corrected chi connectivity index (χ1v) is 6.81. The van der Waals surface area contributed by atoms with E-state index < -0.39 is 4.92 Å². The van der Waals surface area contributed by atoms with Crippen LogP contribution in [0, 0.1) is 22.0 Å². The van der Waals surface area contributed by atoms with Gasteiger partial charge < -0.3 is 0 Å². The van der Waals surface area contributed by atoms with Gasteiger partial charge in [0.25, 0.3) is 5.69 Å². The lowest BCUT2D eigenvalue weighted by Gasteiger charge is -2.14. The number of benzene rings is 1. The number of nitro groups is 1. The summed E-state index contributed by atoms with van der Waals surface area (Å²) in [7, 11) is 0. The van der Waals surface area contributed by atoms with Crippen molar-refractivity contribution in [1.82, 2.24) is 4.90 Å². The van der Waals surface area contributed by atoms with Gasteiger partial charge in [-0.2, -0.15) is 0 Å². The van der Waals surface area contributed by atoms with Crippen molar-refractivity contribution in [2.75, 3.05) is 0 Å². The largest absolute Gasteiger partial charge is 0.278 e. The Hall–Kier alpha value is -2.50. The Morgan fingerprint density at radius 1 is 1.05 bits per heavy atom. The second-order valence-corrected chi connectivity index (χ2v) is 5.34. The van der Waals surface area contributed by atoms with Gasteiger partial charge >= 0.3 is 0 Å². The highest BCUT2D eigenvalue weighted by atomic mass is 16.6. The molecule has 0 bridgehead atoms. The maximum atomic E-state index is 12.3. The highest BCUT2D eigenvalue weighted by Gasteiger charge is 2.46. The van der Waals surface area contributed by atoms with Crippen LogP contribution in [0.1, 0.15) is 18.4 Å². The highest BCUT2D eigenvalue weighted by Crippen LogP contribution is 2.35. The van der Waals surface area contributed by atoms with Gasteiger partial charge in [0.05, 0.1) is 23.3 Å². The number of nitrogens with zero attached hydrogens (tertiary/aromatic N) is 2. The molecule has 0 radical (unpaired) electrons. The third-order valence-corrected chi connectivity index (χ3v) is 4.09. The molecule has 6 nitrogen and oxygen atoms in total. The van der Waals surface area contributed by atoms with Crippen LogP contribution in [0.15, 0.2) is 36.4 Å². The van der Waals surface area contributed by atoms with Gasteiger partial charge in [0.2, 0.25) is 11.8 Å². The summed E-state index contributed by atoms with van der Waals surface area (Å²) in [6.07, 6.45) is 5.13. The number of likely N-dealkylation sites (tertiary alicyclic amines) is 1. The molecule has 0 spiro atoms. The monoisotopic (exact) mass is 286 g/mol. The molecule has 2 unspecified atom stereocenters. The van der Waals surface area contributed by atoms with Gasteiger partial charge in [0.1, 0.15) is 0 Å². The van der Waals surface area contributed by atoms with Gasteiger partial charge in [0, 0.05) is 12.1 Å². The van der Waals surface area contributed by atoms with Crippen molar-refractivity contribution in [3.63, 3.8) is 0 Å². The molecular weight excluding hydrogens is 272 g/mol. The van der Waals surface area contributed by atoms with Gasteiger partial charge in [-0.25, -0.2) is 0 Å². The van der Waals surface area contributed by atoms with Crippen LogP contribution in [0.4, 0.5) is 5.69 Å². The Morgan fingerprint density at radius 3 is 2.05 bits per heavy atom. The summed E-state index contributed by atoms with van der Waals surface area (Å²) in [5.41, 5.74) is 0.713. The van der Waals surface area contributed by atoms with Gasteiger partial charge in [0.15, 0.2) is 0 Å². The molecule has 0 aromatic heterocycles. The van der Waals surface area contributed by atoms with E-state index in [9.17, 15) is 19.7 Å². The van der Waals surface area contributed by atoms with Crippen LogP contribution < -0.4 is 0 Å². The number of hydrogen-bond acceptors (Lipinski definition) is 4. The maximum absolute atomic E-state index is 12.3. The lowest BCUT2D eigenvalue weighted by molar-refractivity contribution is -0.384. The summed E-state index contributed by atoms with van der Waals surface area (Å²) in [5, 5.41) is 10.6. The Balaban J connectivity index is 1.77. The second-order valence-electron chi connectivity index (χ2n) is 5.34. The predicted octanol–water partition coefficient (Wildman–Crippen LogP) is 2.05. The molecule has 1 saturated heterocycles. The number of fused-ring (bicyclic) bond motifs is 1. The molecule has 21 heavy (non-hydrogen) atoms. The van der Waals surface area contributed by atoms with E-state index in [1.54, 1.807) is 12.1 Å². The SMILES string of the molecule is O=C1C2CC=CCC2C(=O)N1Cc1ccc([N+](=O)[O-])cc1. The minimum Gasteiger partial charge on any atom is -0.278 e. The number of rotatable bonds is 3.